The van der Waals surface area contributed by atoms with Gasteiger partial charge in [0.25, 0.3) is 11.7 Å². The largest absolute Gasteiger partial charge is 0.454 e. The third-order valence-electron chi connectivity index (χ3n) is 3.49. The maximum absolute atomic E-state index is 12.7. The minimum absolute atomic E-state index is 0.0257. The first-order valence-electron chi connectivity index (χ1n) is 7.25. The molecular formula is C17H13F2NO4S. The molecule has 0 aromatic heterocycles. The quantitative estimate of drug-likeness (QED) is 0.636. The number of benzene rings is 2. The zero-order valence-corrected chi connectivity index (χ0v) is 13.9. The van der Waals surface area contributed by atoms with Crippen LogP contribution in [0.25, 0.3) is 0 Å². The van der Waals surface area contributed by atoms with Crippen molar-refractivity contribution in [2.75, 3.05) is 12.1 Å². The number of ketones is 1. The Balaban J connectivity index is 1.93. The van der Waals surface area contributed by atoms with Gasteiger partial charge in [-0.05, 0) is 25.1 Å². The van der Waals surface area contributed by atoms with Crippen LogP contribution in [-0.4, -0.2) is 24.2 Å². The maximum Gasteiger partial charge on any atom is 0.288 e. The van der Waals surface area contributed by atoms with Crippen molar-refractivity contribution in [1.29, 1.82) is 0 Å². The van der Waals surface area contributed by atoms with Gasteiger partial charge in [0, 0.05) is 16.5 Å². The van der Waals surface area contributed by atoms with E-state index in [0.29, 0.717) is 11.5 Å². The van der Waals surface area contributed by atoms with Crippen molar-refractivity contribution >= 4 is 29.1 Å². The van der Waals surface area contributed by atoms with Crippen molar-refractivity contribution in [3.63, 3.8) is 0 Å². The lowest BCUT2D eigenvalue weighted by Crippen LogP contribution is -2.15. The molecule has 2 aromatic carbocycles. The van der Waals surface area contributed by atoms with Gasteiger partial charge in [-0.25, -0.2) is 0 Å². The molecule has 8 heteroatoms. The Hall–Kier alpha value is -2.61. The lowest BCUT2D eigenvalue weighted by atomic mass is 10.1. The molecule has 0 spiro atoms. The summed E-state index contributed by atoms with van der Waals surface area (Å²) in [6.07, 6.45) is 0. The molecule has 25 heavy (non-hydrogen) atoms. The van der Waals surface area contributed by atoms with Crippen molar-refractivity contribution in [3.8, 4) is 11.5 Å². The first kappa shape index (κ1) is 17.2. The topological polar surface area (TPSA) is 64.6 Å². The number of halogens is 2. The smallest absolute Gasteiger partial charge is 0.288 e. The van der Waals surface area contributed by atoms with E-state index in [1.165, 1.54) is 31.2 Å². The van der Waals surface area contributed by atoms with Crippen LogP contribution in [0.4, 0.5) is 14.5 Å². The van der Waals surface area contributed by atoms with E-state index >= 15 is 0 Å². The molecule has 1 heterocycles. The van der Waals surface area contributed by atoms with E-state index in [1.54, 1.807) is 12.1 Å². The Labute approximate surface area is 146 Å². The zero-order valence-electron chi connectivity index (χ0n) is 13.0. The van der Waals surface area contributed by atoms with Gasteiger partial charge in [0.05, 0.1) is 11.3 Å². The third kappa shape index (κ3) is 3.74. The molecule has 1 aliphatic heterocycles. The number of Topliss-reactive ketones (excluding diaryl/α,β-unsaturated/α-hetero) is 1. The summed E-state index contributed by atoms with van der Waals surface area (Å²) in [5, 5.41) is 2.60. The molecule has 3 rings (SSSR count). The van der Waals surface area contributed by atoms with Crippen molar-refractivity contribution in [3.05, 3.63) is 47.5 Å². The number of amides is 1. The summed E-state index contributed by atoms with van der Waals surface area (Å²) in [4.78, 5) is 24.5. The standard InChI is InChI=1S/C17H13F2NO4S/c1-9(21)11-6-13-14(24-8-23-13)7-12(11)20-16(22)10-4-2-3-5-15(10)25-17(18)19/h2-7,17H,8H2,1H3,(H,20,22). The van der Waals surface area contributed by atoms with Crippen molar-refractivity contribution < 1.29 is 27.8 Å². The van der Waals surface area contributed by atoms with Gasteiger partial charge in [0.2, 0.25) is 6.79 Å². The lowest BCUT2D eigenvalue weighted by Gasteiger charge is -2.12. The van der Waals surface area contributed by atoms with Crippen LogP contribution in [0.1, 0.15) is 27.6 Å². The normalized spacial score (nSPS) is 12.3. The van der Waals surface area contributed by atoms with Gasteiger partial charge >= 0.3 is 0 Å². The van der Waals surface area contributed by atoms with E-state index in [1.807, 2.05) is 0 Å². The van der Waals surface area contributed by atoms with Gasteiger partial charge in [-0.3, -0.25) is 9.59 Å². The van der Waals surface area contributed by atoms with E-state index < -0.39 is 11.7 Å². The lowest BCUT2D eigenvalue weighted by molar-refractivity contribution is 0.101. The highest BCUT2D eigenvalue weighted by Gasteiger charge is 2.22. The highest BCUT2D eigenvalue weighted by Crippen LogP contribution is 2.37. The minimum Gasteiger partial charge on any atom is -0.454 e. The molecule has 0 atom stereocenters. The number of carbonyl (C=O) groups is 2. The molecule has 1 aliphatic rings. The van der Waals surface area contributed by atoms with Crippen LogP contribution in [0.5, 0.6) is 11.5 Å². The Morgan fingerprint density at radius 1 is 1.12 bits per heavy atom. The number of carbonyl (C=O) groups excluding carboxylic acids is 2. The molecule has 0 radical (unpaired) electrons. The summed E-state index contributed by atoms with van der Waals surface area (Å²) < 4.78 is 35.8. The number of anilines is 1. The molecule has 1 N–H and O–H groups in total. The molecule has 0 fully saturated rings. The van der Waals surface area contributed by atoms with E-state index in [0.717, 1.165) is 0 Å². The van der Waals surface area contributed by atoms with Crippen molar-refractivity contribution in [2.45, 2.75) is 17.6 Å². The number of nitrogens with one attached hydrogen (secondary N) is 1. The average Bonchev–Trinajstić information content (AvgIpc) is 3.01. The number of hydrogen-bond donors (Lipinski definition) is 1. The molecule has 1 amide bonds. The van der Waals surface area contributed by atoms with E-state index in [4.69, 9.17) is 9.47 Å². The highest BCUT2D eigenvalue weighted by molar-refractivity contribution is 7.99. The number of hydrogen-bond acceptors (Lipinski definition) is 5. The van der Waals surface area contributed by atoms with Crippen LogP contribution in [0, 0.1) is 0 Å². The van der Waals surface area contributed by atoms with E-state index in [2.05, 4.69) is 5.32 Å². The molecule has 0 unspecified atom stereocenters. The summed E-state index contributed by atoms with van der Waals surface area (Å²) in [5.41, 5.74) is 0.579. The second-order valence-electron chi connectivity index (χ2n) is 5.14. The van der Waals surface area contributed by atoms with Crippen LogP contribution < -0.4 is 14.8 Å². The second-order valence-corrected chi connectivity index (χ2v) is 6.17. The first-order valence-corrected chi connectivity index (χ1v) is 8.13. The summed E-state index contributed by atoms with van der Waals surface area (Å²) in [7, 11) is 0. The number of ether oxygens (including phenoxy) is 2. The summed E-state index contributed by atoms with van der Waals surface area (Å²) in [6.45, 7) is 1.38. The average molecular weight is 365 g/mol. The SMILES string of the molecule is CC(=O)c1cc2c(cc1NC(=O)c1ccccc1SC(F)F)OCO2. The fourth-order valence-electron chi connectivity index (χ4n) is 2.38. The maximum atomic E-state index is 12.7. The zero-order chi connectivity index (χ0) is 18.0. The molecule has 0 saturated heterocycles. The van der Waals surface area contributed by atoms with Gasteiger partial charge < -0.3 is 14.8 Å². The Bertz CT molecular complexity index is 841. The van der Waals surface area contributed by atoms with Gasteiger partial charge in [-0.15, -0.1) is 0 Å². The predicted octanol–water partition coefficient (Wildman–Crippen LogP) is 4.18. The first-order chi connectivity index (χ1) is 12.0. The third-order valence-corrected chi connectivity index (χ3v) is 4.28. The predicted molar refractivity (Wildman–Crippen MR) is 88.8 cm³/mol. The van der Waals surface area contributed by atoms with Crippen LogP contribution in [0.2, 0.25) is 0 Å². The number of fused-ring (bicyclic) bond motifs is 1. The monoisotopic (exact) mass is 365 g/mol. The summed E-state index contributed by atoms with van der Waals surface area (Å²) in [6, 6.07) is 9.01. The Morgan fingerprint density at radius 3 is 2.48 bits per heavy atom. The molecule has 0 bridgehead atoms. The van der Waals surface area contributed by atoms with Crippen molar-refractivity contribution in [2.24, 2.45) is 0 Å². The van der Waals surface area contributed by atoms with E-state index in [9.17, 15) is 18.4 Å². The molecule has 0 aliphatic carbocycles. The second kappa shape index (κ2) is 7.10. The number of rotatable bonds is 5. The van der Waals surface area contributed by atoms with Gasteiger partial charge in [0.1, 0.15) is 0 Å². The van der Waals surface area contributed by atoms with Crippen LogP contribution in [0.15, 0.2) is 41.3 Å². The number of alkyl halides is 2. The summed E-state index contributed by atoms with van der Waals surface area (Å²) >= 11 is 0.289. The highest BCUT2D eigenvalue weighted by atomic mass is 32.2. The Morgan fingerprint density at radius 2 is 1.80 bits per heavy atom. The molecule has 130 valence electrons. The molecular weight excluding hydrogens is 352 g/mol. The molecule has 5 nitrogen and oxygen atoms in total. The van der Waals surface area contributed by atoms with E-state index in [-0.39, 0.29) is 46.0 Å². The van der Waals surface area contributed by atoms with Crippen LogP contribution >= 0.6 is 11.8 Å². The van der Waals surface area contributed by atoms with Gasteiger partial charge in [-0.1, -0.05) is 23.9 Å². The fraction of sp³-hybridized carbons (Fsp3) is 0.176. The number of thioether (sulfide) groups is 1. The Kier molecular flexibility index (Phi) is 4.89. The fourth-order valence-corrected chi connectivity index (χ4v) is 3.02. The summed E-state index contributed by atoms with van der Waals surface area (Å²) in [5.74, 6) is -2.70. The molecule has 0 saturated carbocycles. The van der Waals surface area contributed by atoms with Gasteiger partial charge in [-0.2, -0.15) is 8.78 Å². The van der Waals surface area contributed by atoms with Crippen molar-refractivity contribution in [1.82, 2.24) is 0 Å². The van der Waals surface area contributed by atoms with Crippen LogP contribution in [0.3, 0.4) is 0 Å². The minimum atomic E-state index is -2.65. The van der Waals surface area contributed by atoms with Gasteiger partial charge in [0.15, 0.2) is 17.3 Å². The van der Waals surface area contributed by atoms with Crippen LogP contribution in [-0.2, 0) is 0 Å². The molecule has 2 aromatic rings.